The molecule has 4 heteroatoms. The van der Waals surface area contributed by atoms with Crippen LogP contribution in [0.15, 0.2) is 65.2 Å². The topological polar surface area (TPSA) is 26.3 Å². The van der Waals surface area contributed by atoms with Crippen LogP contribution in [0.3, 0.4) is 0 Å². The molecule has 0 aliphatic carbocycles. The van der Waals surface area contributed by atoms with E-state index in [0.717, 1.165) is 26.7 Å². The van der Waals surface area contributed by atoms with E-state index in [9.17, 15) is 4.79 Å². The molecule has 0 unspecified atom stereocenters. The second-order valence-electron chi connectivity index (χ2n) is 4.69. The molecule has 22 heavy (non-hydrogen) atoms. The van der Waals surface area contributed by atoms with Gasteiger partial charge in [0.05, 0.1) is 0 Å². The lowest BCUT2D eigenvalue weighted by molar-refractivity contribution is 0.0993. The van der Waals surface area contributed by atoms with Gasteiger partial charge in [-0.1, -0.05) is 68.3 Å². The van der Waals surface area contributed by atoms with Gasteiger partial charge in [-0.05, 0) is 29.8 Å². The lowest BCUT2D eigenvalue weighted by Gasteiger charge is -2.05. The third-order valence-electron chi connectivity index (χ3n) is 3.06. The molecule has 0 aliphatic heterocycles. The Kier molecular flexibility index (Phi) is 6.87. The van der Waals surface area contributed by atoms with Gasteiger partial charge in [0, 0.05) is 21.8 Å². The summed E-state index contributed by atoms with van der Waals surface area (Å²) in [6, 6.07) is 15.1. The zero-order chi connectivity index (χ0) is 15.8. The van der Waals surface area contributed by atoms with Crippen molar-refractivity contribution in [2.45, 2.75) is 6.42 Å². The normalized spacial score (nSPS) is 10.8. The van der Waals surface area contributed by atoms with Gasteiger partial charge in [0.25, 0.3) is 0 Å². The third kappa shape index (κ3) is 5.43. The van der Waals surface area contributed by atoms with E-state index in [1.54, 1.807) is 0 Å². The predicted octanol–water partition coefficient (Wildman–Crippen LogP) is 5.20. The summed E-state index contributed by atoms with van der Waals surface area (Å²) < 4.78 is 6.54. The molecule has 0 aliphatic rings. The molecule has 2 rings (SSSR count). The number of carbonyl (C=O) groups is 1. The van der Waals surface area contributed by atoms with Gasteiger partial charge in [-0.3, -0.25) is 4.79 Å². The number of hydrogen-bond acceptors (Lipinski definition) is 2. The number of hydrogen-bond donors (Lipinski definition) is 0. The average molecular weight is 424 g/mol. The first-order valence-corrected chi connectivity index (χ1v) is 8.82. The zero-order valence-corrected chi connectivity index (χ0v) is 15.1. The summed E-state index contributed by atoms with van der Waals surface area (Å²) in [6.07, 6.45) is 4.34. The molecule has 2 aromatic rings. The van der Waals surface area contributed by atoms with Crippen molar-refractivity contribution >= 4 is 37.6 Å². The maximum Gasteiger partial charge on any atom is 0.167 e. The van der Waals surface area contributed by atoms with Crippen molar-refractivity contribution in [2.75, 3.05) is 11.9 Å². The largest absolute Gasteiger partial charge is 0.490 e. The van der Waals surface area contributed by atoms with Crippen LogP contribution in [0.2, 0.25) is 0 Å². The Morgan fingerprint density at radius 2 is 1.68 bits per heavy atom. The highest BCUT2D eigenvalue weighted by atomic mass is 79.9. The number of halogens is 2. The number of alkyl halides is 1. The summed E-state index contributed by atoms with van der Waals surface area (Å²) in [5.74, 6) is 0.917. The van der Waals surface area contributed by atoms with Crippen LogP contribution in [-0.2, 0) is 6.42 Å². The molecule has 0 spiro atoms. The van der Waals surface area contributed by atoms with E-state index in [0.29, 0.717) is 13.0 Å². The van der Waals surface area contributed by atoms with Crippen LogP contribution in [0.25, 0.3) is 0 Å². The van der Waals surface area contributed by atoms with Gasteiger partial charge in [0.2, 0.25) is 0 Å². The number of Topliss-reactive ketones (excluding diaryl/α,β-unsaturated/α-hetero) is 1. The molecule has 2 aromatic carbocycles. The fourth-order valence-corrected chi connectivity index (χ4v) is 2.43. The fraction of sp³-hybridized carbons (Fsp3) is 0.167. The summed E-state index contributed by atoms with van der Waals surface area (Å²) in [5, 5.41) is 0.827. The van der Waals surface area contributed by atoms with E-state index in [-0.39, 0.29) is 5.78 Å². The van der Waals surface area contributed by atoms with Gasteiger partial charge in [-0.15, -0.1) is 0 Å². The number of ether oxygens (including phenoxy) is 1. The standard InChI is InChI=1S/C18H16Br2O2/c19-11-1-2-12-22-17-9-3-14(4-10-17)13-18(21)15-5-7-16(20)8-6-15/h1-10H,11-13H2. The lowest BCUT2D eigenvalue weighted by Crippen LogP contribution is -2.03. The number of benzene rings is 2. The molecule has 0 fully saturated rings. The molecular weight excluding hydrogens is 408 g/mol. The molecule has 0 bridgehead atoms. The van der Waals surface area contributed by atoms with Crippen LogP contribution in [0.1, 0.15) is 15.9 Å². The SMILES string of the molecule is O=C(Cc1ccc(OCC=CCBr)cc1)c1ccc(Br)cc1. The molecule has 0 N–H and O–H groups in total. The molecule has 0 saturated carbocycles. The van der Waals surface area contributed by atoms with Gasteiger partial charge in [0.15, 0.2) is 5.78 Å². The monoisotopic (exact) mass is 422 g/mol. The summed E-state index contributed by atoms with van der Waals surface area (Å²) in [6.45, 7) is 0.544. The Labute approximate surface area is 147 Å². The van der Waals surface area contributed by atoms with E-state index < -0.39 is 0 Å². The van der Waals surface area contributed by atoms with E-state index in [1.807, 2.05) is 60.7 Å². The minimum Gasteiger partial charge on any atom is -0.490 e. The first kappa shape index (κ1) is 17.0. The van der Waals surface area contributed by atoms with Gasteiger partial charge >= 0.3 is 0 Å². The van der Waals surface area contributed by atoms with Crippen LogP contribution in [0.5, 0.6) is 5.75 Å². The van der Waals surface area contributed by atoms with Crippen LogP contribution >= 0.6 is 31.9 Å². The van der Waals surface area contributed by atoms with E-state index in [4.69, 9.17) is 4.74 Å². The zero-order valence-electron chi connectivity index (χ0n) is 12.0. The Bertz CT molecular complexity index is 631. The Morgan fingerprint density at radius 1 is 1.00 bits per heavy atom. The second kappa shape index (κ2) is 8.91. The second-order valence-corrected chi connectivity index (χ2v) is 6.25. The summed E-state index contributed by atoms with van der Waals surface area (Å²) in [5.41, 5.74) is 1.71. The van der Waals surface area contributed by atoms with Crippen molar-refractivity contribution < 1.29 is 9.53 Å². The highest BCUT2D eigenvalue weighted by molar-refractivity contribution is 9.10. The first-order chi connectivity index (χ1) is 10.7. The summed E-state index contributed by atoms with van der Waals surface area (Å²) in [7, 11) is 0. The summed E-state index contributed by atoms with van der Waals surface area (Å²) in [4.78, 5) is 12.2. The molecule has 0 amide bonds. The molecule has 0 atom stereocenters. The molecule has 0 aromatic heterocycles. The van der Waals surface area contributed by atoms with Crippen molar-refractivity contribution in [3.8, 4) is 5.75 Å². The number of rotatable bonds is 7. The minimum atomic E-state index is 0.112. The molecule has 0 radical (unpaired) electrons. The van der Waals surface area contributed by atoms with Crippen LogP contribution in [0.4, 0.5) is 0 Å². The van der Waals surface area contributed by atoms with Crippen molar-refractivity contribution in [2.24, 2.45) is 0 Å². The molecule has 114 valence electrons. The smallest absolute Gasteiger partial charge is 0.167 e. The third-order valence-corrected chi connectivity index (χ3v) is 3.96. The number of carbonyl (C=O) groups excluding carboxylic acids is 1. The van der Waals surface area contributed by atoms with E-state index >= 15 is 0 Å². The Morgan fingerprint density at radius 3 is 2.32 bits per heavy atom. The lowest BCUT2D eigenvalue weighted by atomic mass is 10.0. The van der Waals surface area contributed by atoms with Crippen LogP contribution in [0, 0.1) is 0 Å². The van der Waals surface area contributed by atoms with Crippen molar-refractivity contribution in [1.82, 2.24) is 0 Å². The maximum absolute atomic E-state index is 12.2. The quantitative estimate of drug-likeness (QED) is 0.347. The molecule has 0 heterocycles. The number of allylic oxidation sites excluding steroid dienone is 1. The van der Waals surface area contributed by atoms with Crippen molar-refractivity contribution in [1.29, 1.82) is 0 Å². The predicted molar refractivity (Wildman–Crippen MR) is 97.0 cm³/mol. The highest BCUT2D eigenvalue weighted by Crippen LogP contribution is 2.16. The Hall–Kier alpha value is -1.39. The molecular formula is C18H16Br2O2. The van der Waals surface area contributed by atoms with Gasteiger partial charge in [-0.25, -0.2) is 0 Å². The molecule has 0 saturated heterocycles. The van der Waals surface area contributed by atoms with Crippen LogP contribution < -0.4 is 4.74 Å². The van der Waals surface area contributed by atoms with Crippen molar-refractivity contribution in [3.63, 3.8) is 0 Å². The first-order valence-electron chi connectivity index (χ1n) is 6.90. The average Bonchev–Trinajstić information content (AvgIpc) is 2.54. The van der Waals surface area contributed by atoms with Crippen LogP contribution in [-0.4, -0.2) is 17.7 Å². The molecule has 2 nitrogen and oxygen atoms in total. The summed E-state index contributed by atoms with van der Waals surface area (Å²) >= 11 is 6.68. The van der Waals surface area contributed by atoms with Crippen molar-refractivity contribution in [3.05, 3.63) is 76.3 Å². The highest BCUT2D eigenvalue weighted by Gasteiger charge is 2.07. The maximum atomic E-state index is 12.2. The van der Waals surface area contributed by atoms with E-state index in [2.05, 4.69) is 31.9 Å². The minimum absolute atomic E-state index is 0.112. The van der Waals surface area contributed by atoms with Gasteiger partial charge in [-0.2, -0.15) is 0 Å². The van der Waals surface area contributed by atoms with Gasteiger partial charge < -0.3 is 4.74 Å². The van der Waals surface area contributed by atoms with E-state index in [1.165, 1.54) is 0 Å². The van der Waals surface area contributed by atoms with Gasteiger partial charge in [0.1, 0.15) is 12.4 Å². The fourth-order valence-electron chi connectivity index (χ4n) is 1.90. The Balaban J connectivity index is 1.91. The number of ketones is 1.